The third-order valence-corrected chi connectivity index (χ3v) is 3.42. The number of alkyl halides is 3. The molecule has 0 unspecified atom stereocenters. The van der Waals surface area contributed by atoms with E-state index in [1.807, 2.05) is 6.92 Å². The maximum Gasteiger partial charge on any atom is 0.262 e. The lowest BCUT2D eigenvalue weighted by atomic mass is 10.3. The summed E-state index contributed by atoms with van der Waals surface area (Å²) in [4.78, 5) is 17.5. The molecule has 0 aliphatic heterocycles. The third kappa shape index (κ3) is 4.91. The maximum absolute atomic E-state index is 13.0. The van der Waals surface area contributed by atoms with Gasteiger partial charge in [-0.15, -0.1) is 22.9 Å². The van der Waals surface area contributed by atoms with Gasteiger partial charge in [0.2, 0.25) is 11.8 Å². The molecule has 19 heavy (non-hydrogen) atoms. The number of hydrogen-bond donors (Lipinski definition) is 0. The molecule has 1 aromatic heterocycles. The highest BCUT2D eigenvalue weighted by Gasteiger charge is 2.28. The Labute approximate surface area is 119 Å². The van der Waals surface area contributed by atoms with Gasteiger partial charge in [0.05, 0.1) is 25.1 Å². The van der Waals surface area contributed by atoms with Crippen LogP contribution in [0.25, 0.3) is 0 Å². The number of nitrogens with zero attached hydrogens (tertiary/aromatic N) is 2. The first-order valence-electron chi connectivity index (χ1n) is 5.48. The minimum Gasteiger partial charge on any atom is -0.480 e. The predicted octanol–water partition coefficient (Wildman–Crippen LogP) is 2.68. The summed E-state index contributed by atoms with van der Waals surface area (Å²) in [5, 5.41) is 0.539. The Hall–Kier alpha value is -0.950. The van der Waals surface area contributed by atoms with Crippen LogP contribution in [0, 0.1) is 6.92 Å². The van der Waals surface area contributed by atoms with Crippen LogP contribution in [0.1, 0.15) is 16.8 Å². The van der Waals surface area contributed by atoms with Crippen LogP contribution < -0.4 is 4.74 Å². The normalized spacial score (nSPS) is 11.5. The number of carbonyl (C=O) groups excluding carboxylic acids is 1. The van der Waals surface area contributed by atoms with Gasteiger partial charge in [0, 0.05) is 6.92 Å². The molecule has 1 rings (SSSR count). The number of aromatic nitrogens is 1. The van der Waals surface area contributed by atoms with Crippen LogP contribution in [-0.2, 0) is 11.3 Å². The predicted molar refractivity (Wildman–Crippen MR) is 70.2 cm³/mol. The van der Waals surface area contributed by atoms with Gasteiger partial charge >= 0.3 is 0 Å². The smallest absolute Gasteiger partial charge is 0.262 e. The van der Waals surface area contributed by atoms with Crippen LogP contribution in [0.15, 0.2) is 0 Å². The van der Waals surface area contributed by atoms with E-state index >= 15 is 0 Å². The van der Waals surface area contributed by atoms with Gasteiger partial charge in [0.15, 0.2) is 0 Å². The Bertz CT molecular complexity index is 448. The van der Waals surface area contributed by atoms with E-state index in [1.165, 1.54) is 18.4 Å². The monoisotopic (exact) mass is 312 g/mol. The molecular formula is C11H15ClF2N2O2S. The van der Waals surface area contributed by atoms with Gasteiger partial charge in [-0.2, -0.15) is 0 Å². The van der Waals surface area contributed by atoms with E-state index in [9.17, 15) is 13.6 Å². The van der Waals surface area contributed by atoms with Crippen molar-refractivity contribution in [3.63, 3.8) is 0 Å². The Balaban J connectivity index is 2.84. The molecule has 0 fully saturated rings. The fourth-order valence-electron chi connectivity index (χ4n) is 1.51. The highest BCUT2D eigenvalue weighted by molar-refractivity contribution is 7.11. The molecule has 0 radical (unpaired) electrons. The second-order valence-corrected chi connectivity index (χ2v) is 5.68. The molecule has 0 aromatic carbocycles. The fraction of sp³-hybridized carbons (Fsp3) is 0.636. The number of aryl methyl sites for hydroxylation is 1. The van der Waals surface area contributed by atoms with Crippen LogP contribution >= 0.6 is 22.9 Å². The third-order valence-electron chi connectivity index (χ3n) is 2.25. The summed E-state index contributed by atoms with van der Waals surface area (Å²) in [5.74, 6) is -3.41. The number of hydrogen-bond acceptors (Lipinski definition) is 4. The number of methoxy groups -OCH3 is 1. The SMILES string of the molecule is COc1nc(CN(CC(C)(F)F)C(=O)CCl)sc1C. The maximum atomic E-state index is 13.0. The average Bonchev–Trinajstić information content (AvgIpc) is 2.65. The van der Waals surface area contributed by atoms with Crippen molar-refractivity contribution in [1.82, 2.24) is 9.88 Å². The molecule has 0 spiro atoms. The van der Waals surface area contributed by atoms with Crippen molar-refractivity contribution in [3.05, 3.63) is 9.88 Å². The van der Waals surface area contributed by atoms with E-state index < -0.39 is 18.4 Å². The summed E-state index contributed by atoms with van der Waals surface area (Å²) in [6, 6.07) is 0. The van der Waals surface area contributed by atoms with Crippen LogP contribution in [0.5, 0.6) is 5.88 Å². The zero-order valence-corrected chi connectivity index (χ0v) is 12.4. The van der Waals surface area contributed by atoms with Crippen LogP contribution in [0.4, 0.5) is 8.78 Å². The highest BCUT2D eigenvalue weighted by atomic mass is 35.5. The minimum atomic E-state index is -2.97. The molecule has 8 heteroatoms. The number of amides is 1. The van der Waals surface area contributed by atoms with Crippen molar-refractivity contribution < 1.29 is 18.3 Å². The van der Waals surface area contributed by atoms with Crippen molar-refractivity contribution in [2.24, 2.45) is 0 Å². The van der Waals surface area contributed by atoms with Crippen molar-refractivity contribution >= 4 is 28.8 Å². The molecule has 4 nitrogen and oxygen atoms in total. The highest BCUT2D eigenvalue weighted by Crippen LogP contribution is 2.25. The number of ether oxygens (including phenoxy) is 1. The molecule has 0 aliphatic carbocycles. The van der Waals surface area contributed by atoms with Gasteiger partial charge in [-0.25, -0.2) is 13.8 Å². The van der Waals surface area contributed by atoms with Gasteiger partial charge in [-0.1, -0.05) is 0 Å². The summed E-state index contributed by atoms with van der Waals surface area (Å²) in [7, 11) is 1.48. The van der Waals surface area contributed by atoms with Gasteiger partial charge in [-0.05, 0) is 6.92 Å². The molecule has 0 saturated heterocycles. The van der Waals surface area contributed by atoms with E-state index in [0.29, 0.717) is 10.9 Å². The quantitative estimate of drug-likeness (QED) is 0.758. The summed E-state index contributed by atoms with van der Waals surface area (Å²) >= 11 is 6.73. The van der Waals surface area contributed by atoms with Crippen molar-refractivity contribution in [1.29, 1.82) is 0 Å². The van der Waals surface area contributed by atoms with E-state index in [0.717, 1.165) is 16.7 Å². The summed E-state index contributed by atoms with van der Waals surface area (Å²) in [6.07, 6.45) is 0. The van der Waals surface area contributed by atoms with E-state index in [-0.39, 0.29) is 12.4 Å². The Morgan fingerprint density at radius 1 is 1.58 bits per heavy atom. The molecular weight excluding hydrogens is 298 g/mol. The second kappa shape index (κ2) is 6.47. The summed E-state index contributed by atoms with van der Waals surface area (Å²) in [6.45, 7) is 1.89. The average molecular weight is 313 g/mol. The van der Waals surface area contributed by atoms with Gasteiger partial charge in [-0.3, -0.25) is 4.79 Å². The molecule has 1 amide bonds. The Morgan fingerprint density at radius 3 is 2.63 bits per heavy atom. The lowest BCUT2D eigenvalue weighted by molar-refractivity contribution is -0.134. The molecule has 1 heterocycles. The molecule has 0 N–H and O–H groups in total. The largest absolute Gasteiger partial charge is 0.480 e. The first-order chi connectivity index (χ1) is 8.76. The molecule has 0 atom stereocenters. The first-order valence-corrected chi connectivity index (χ1v) is 6.83. The molecule has 108 valence electrons. The first kappa shape index (κ1) is 16.1. The Morgan fingerprint density at radius 2 is 2.21 bits per heavy atom. The number of halogens is 3. The lowest BCUT2D eigenvalue weighted by Gasteiger charge is -2.24. The van der Waals surface area contributed by atoms with Gasteiger partial charge < -0.3 is 9.64 Å². The van der Waals surface area contributed by atoms with Crippen molar-refractivity contribution in [2.45, 2.75) is 26.3 Å². The van der Waals surface area contributed by atoms with Crippen LogP contribution in [0.2, 0.25) is 0 Å². The van der Waals surface area contributed by atoms with Crippen molar-refractivity contribution in [3.8, 4) is 5.88 Å². The zero-order chi connectivity index (χ0) is 14.6. The molecule has 1 aromatic rings. The number of thiazole rings is 1. The zero-order valence-electron chi connectivity index (χ0n) is 10.9. The minimum absolute atomic E-state index is 0.00382. The molecule has 0 saturated carbocycles. The van der Waals surface area contributed by atoms with E-state index in [1.54, 1.807) is 0 Å². The molecule has 0 bridgehead atoms. The van der Waals surface area contributed by atoms with E-state index in [4.69, 9.17) is 16.3 Å². The Kier molecular flexibility index (Phi) is 5.49. The van der Waals surface area contributed by atoms with Gasteiger partial charge in [0.1, 0.15) is 10.9 Å². The number of carbonyl (C=O) groups is 1. The van der Waals surface area contributed by atoms with Crippen molar-refractivity contribution in [2.75, 3.05) is 19.5 Å². The van der Waals surface area contributed by atoms with Gasteiger partial charge in [0.25, 0.3) is 5.92 Å². The fourth-order valence-corrected chi connectivity index (χ4v) is 2.60. The topological polar surface area (TPSA) is 42.4 Å². The molecule has 0 aliphatic rings. The van der Waals surface area contributed by atoms with E-state index in [2.05, 4.69) is 4.98 Å². The summed E-state index contributed by atoms with van der Waals surface area (Å²) in [5.41, 5.74) is 0. The number of rotatable bonds is 6. The standard InChI is InChI=1S/C11H15ClF2N2O2S/c1-7-10(18-3)15-8(19-7)5-16(9(17)4-12)6-11(2,13)14/h4-6H2,1-3H3. The lowest BCUT2D eigenvalue weighted by Crippen LogP contribution is -2.39. The second-order valence-electron chi connectivity index (χ2n) is 4.13. The summed E-state index contributed by atoms with van der Waals surface area (Å²) < 4.78 is 31.1. The van der Waals surface area contributed by atoms with Crippen LogP contribution in [-0.4, -0.2) is 41.2 Å². The van der Waals surface area contributed by atoms with Crippen LogP contribution in [0.3, 0.4) is 0 Å².